The predicted octanol–water partition coefficient (Wildman–Crippen LogP) is 5.58. The molecule has 0 spiro atoms. The Kier molecular flexibility index (Phi) is 5.95. The molecule has 0 aliphatic heterocycles. The second-order valence-electron chi connectivity index (χ2n) is 7.33. The third-order valence-corrected chi connectivity index (χ3v) is 5.60. The third-order valence-electron chi connectivity index (χ3n) is 4.84. The number of anilines is 4. The zero-order valence-corrected chi connectivity index (χ0v) is 18.4. The fraction of sp³-hybridized carbons (Fsp3) is 0.125. The first-order valence-corrected chi connectivity index (χ1v) is 10.7. The number of nitrogens with one attached hydrogen (secondary N) is 2. The van der Waals surface area contributed by atoms with Crippen LogP contribution >= 0.6 is 11.3 Å². The average Bonchev–Trinajstić information content (AvgIpc) is 3.24. The standard InChI is InChI=1S/C24H23N5OS/c1-16-7-8-18(23(30)26-19-5-4-6-20(14-19)29(2)3)13-21(16)27-24-28-22(15-31-24)17-9-11-25-12-10-17/h4-15H,1-3H3,(H,26,30)(H,27,28). The highest BCUT2D eigenvalue weighted by atomic mass is 32.1. The normalized spacial score (nSPS) is 10.5. The number of benzene rings is 2. The van der Waals surface area contributed by atoms with Crippen molar-refractivity contribution < 1.29 is 4.79 Å². The summed E-state index contributed by atoms with van der Waals surface area (Å²) in [4.78, 5) is 23.5. The third kappa shape index (κ3) is 4.90. The maximum Gasteiger partial charge on any atom is 0.255 e. The molecule has 0 saturated heterocycles. The van der Waals surface area contributed by atoms with Gasteiger partial charge in [0.2, 0.25) is 0 Å². The van der Waals surface area contributed by atoms with Gasteiger partial charge in [0.1, 0.15) is 0 Å². The van der Waals surface area contributed by atoms with Crippen molar-refractivity contribution in [3.8, 4) is 11.3 Å². The van der Waals surface area contributed by atoms with Crippen molar-refractivity contribution in [2.75, 3.05) is 29.6 Å². The van der Waals surface area contributed by atoms with Crippen LogP contribution in [-0.4, -0.2) is 30.0 Å². The topological polar surface area (TPSA) is 70.2 Å². The Morgan fingerprint density at radius 1 is 1.03 bits per heavy atom. The zero-order valence-electron chi connectivity index (χ0n) is 17.6. The predicted molar refractivity (Wildman–Crippen MR) is 129 cm³/mol. The fourth-order valence-electron chi connectivity index (χ4n) is 3.06. The van der Waals surface area contributed by atoms with Gasteiger partial charge in [-0.25, -0.2) is 4.98 Å². The van der Waals surface area contributed by atoms with E-state index in [-0.39, 0.29) is 5.91 Å². The average molecular weight is 430 g/mol. The van der Waals surface area contributed by atoms with E-state index >= 15 is 0 Å². The van der Waals surface area contributed by atoms with Gasteiger partial charge in [-0.1, -0.05) is 12.1 Å². The van der Waals surface area contributed by atoms with Crippen molar-refractivity contribution >= 4 is 39.4 Å². The number of amides is 1. The number of carbonyl (C=O) groups excluding carboxylic acids is 1. The number of pyridine rings is 1. The van der Waals surface area contributed by atoms with Gasteiger partial charge in [-0.3, -0.25) is 9.78 Å². The minimum absolute atomic E-state index is 0.157. The molecule has 0 unspecified atom stereocenters. The summed E-state index contributed by atoms with van der Waals surface area (Å²) in [7, 11) is 3.94. The van der Waals surface area contributed by atoms with Crippen LogP contribution in [-0.2, 0) is 0 Å². The van der Waals surface area contributed by atoms with Crippen LogP contribution in [0.5, 0.6) is 0 Å². The summed E-state index contributed by atoms with van der Waals surface area (Å²) in [6.07, 6.45) is 3.50. The van der Waals surface area contributed by atoms with Gasteiger partial charge in [0.25, 0.3) is 5.91 Å². The van der Waals surface area contributed by atoms with Gasteiger partial charge in [0, 0.05) is 60.1 Å². The molecule has 2 aromatic heterocycles. The molecular formula is C24H23N5OS. The highest BCUT2D eigenvalue weighted by Crippen LogP contribution is 2.29. The highest BCUT2D eigenvalue weighted by Gasteiger charge is 2.11. The number of carbonyl (C=O) groups is 1. The Hall–Kier alpha value is -3.71. The van der Waals surface area contributed by atoms with Crippen LogP contribution in [0, 0.1) is 6.92 Å². The van der Waals surface area contributed by atoms with Gasteiger partial charge in [0.15, 0.2) is 5.13 Å². The molecule has 2 heterocycles. The van der Waals surface area contributed by atoms with E-state index in [4.69, 9.17) is 0 Å². The number of hydrogen-bond donors (Lipinski definition) is 2. The summed E-state index contributed by atoms with van der Waals surface area (Å²) < 4.78 is 0. The monoisotopic (exact) mass is 429 g/mol. The van der Waals surface area contributed by atoms with Crippen LogP contribution in [0.2, 0.25) is 0 Å². The fourth-order valence-corrected chi connectivity index (χ4v) is 3.80. The van der Waals surface area contributed by atoms with E-state index in [0.717, 1.165) is 39.0 Å². The molecular weight excluding hydrogens is 406 g/mol. The molecule has 0 atom stereocenters. The van der Waals surface area contributed by atoms with E-state index in [1.54, 1.807) is 12.4 Å². The number of rotatable bonds is 6. The number of thiazole rings is 1. The Morgan fingerprint density at radius 2 is 1.84 bits per heavy atom. The molecule has 6 nitrogen and oxygen atoms in total. The van der Waals surface area contributed by atoms with Crippen LogP contribution in [0.1, 0.15) is 15.9 Å². The lowest BCUT2D eigenvalue weighted by atomic mass is 10.1. The lowest BCUT2D eigenvalue weighted by Crippen LogP contribution is -2.13. The van der Waals surface area contributed by atoms with Gasteiger partial charge < -0.3 is 15.5 Å². The minimum Gasteiger partial charge on any atom is -0.378 e. The molecule has 7 heteroatoms. The first kappa shape index (κ1) is 20.6. The molecule has 2 aromatic carbocycles. The van der Waals surface area contributed by atoms with Crippen molar-refractivity contribution in [2.24, 2.45) is 0 Å². The zero-order chi connectivity index (χ0) is 21.8. The maximum absolute atomic E-state index is 12.8. The van der Waals surface area contributed by atoms with E-state index in [1.807, 2.05) is 85.9 Å². The molecule has 156 valence electrons. The van der Waals surface area contributed by atoms with Crippen molar-refractivity contribution in [1.82, 2.24) is 9.97 Å². The molecule has 0 aliphatic rings. The molecule has 0 aliphatic carbocycles. The summed E-state index contributed by atoms with van der Waals surface area (Å²) >= 11 is 1.52. The first-order chi connectivity index (χ1) is 15.0. The smallest absolute Gasteiger partial charge is 0.255 e. The summed E-state index contributed by atoms with van der Waals surface area (Å²) in [6, 6.07) is 17.2. The van der Waals surface area contributed by atoms with Crippen LogP contribution in [0.15, 0.2) is 72.4 Å². The van der Waals surface area contributed by atoms with Gasteiger partial charge in [-0.15, -0.1) is 11.3 Å². The number of aromatic nitrogens is 2. The number of aryl methyl sites for hydroxylation is 1. The molecule has 0 bridgehead atoms. The molecule has 2 N–H and O–H groups in total. The van der Waals surface area contributed by atoms with Crippen LogP contribution in [0.25, 0.3) is 11.3 Å². The minimum atomic E-state index is -0.157. The summed E-state index contributed by atoms with van der Waals surface area (Å²) in [5.74, 6) is -0.157. The van der Waals surface area contributed by atoms with Crippen molar-refractivity contribution in [3.05, 3.63) is 83.5 Å². The molecule has 4 rings (SSSR count). The molecule has 4 aromatic rings. The van der Waals surface area contributed by atoms with Crippen LogP contribution < -0.4 is 15.5 Å². The SMILES string of the molecule is Cc1ccc(C(=O)Nc2cccc(N(C)C)c2)cc1Nc1nc(-c2ccncc2)cs1. The van der Waals surface area contributed by atoms with Crippen LogP contribution in [0.4, 0.5) is 22.2 Å². The number of hydrogen-bond acceptors (Lipinski definition) is 6. The Bertz CT molecular complexity index is 1200. The lowest BCUT2D eigenvalue weighted by Gasteiger charge is -2.14. The Morgan fingerprint density at radius 3 is 2.61 bits per heavy atom. The summed E-state index contributed by atoms with van der Waals surface area (Å²) in [5.41, 5.74) is 6.16. The van der Waals surface area contributed by atoms with Gasteiger partial charge in [-0.2, -0.15) is 0 Å². The molecule has 0 fully saturated rings. The van der Waals surface area contributed by atoms with Crippen molar-refractivity contribution in [1.29, 1.82) is 0 Å². The lowest BCUT2D eigenvalue weighted by molar-refractivity contribution is 0.102. The van der Waals surface area contributed by atoms with E-state index in [1.165, 1.54) is 11.3 Å². The maximum atomic E-state index is 12.8. The van der Waals surface area contributed by atoms with Crippen molar-refractivity contribution in [3.63, 3.8) is 0 Å². The van der Waals surface area contributed by atoms with Crippen molar-refractivity contribution in [2.45, 2.75) is 6.92 Å². The highest BCUT2D eigenvalue weighted by molar-refractivity contribution is 7.14. The summed E-state index contributed by atoms with van der Waals surface area (Å²) in [5, 5.41) is 9.10. The van der Waals surface area contributed by atoms with Crippen LogP contribution in [0.3, 0.4) is 0 Å². The molecule has 31 heavy (non-hydrogen) atoms. The summed E-state index contributed by atoms with van der Waals surface area (Å²) in [6.45, 7) is 2.00. The van der Waals surface area contributed by atoms with E-state index < -0.39 is 0 Å². The number of nitrogens with zero attached hydrogens (tertiary/aromatic N) is 3. The largest absolute Gasteiger partial charge is 0.378 e. The van der Waals surface area contributed by atoms with Gasteiger partial charge in [-0.05, 0) is 55.0 Å². The van der Waals surface area contributed by atoms with E-state index in [0.29, 0.717) is 5.56 Å². The first-order valence-electron chi connectivity index (χ1n) is 9.82. The molecule has 1 amide bonds. The van der Waals surface area contributed by atoms with Gasteiger partial charge >= 0.3 is 0 Å². The van der Waals surface area contributed by atoms with E-state index in [2.05, 4.69) is 20.6 Å². The quantitative estimate of drug-likeness (QED) is 0.419. The second-order valence-corrected chi connectivity index (χ2v) is 8.19. The van der Waals surface area contributed by atoms with Gasteiger partial charge in [0.05, 0.1) is 5.69 Å². The molecule has 0 saturated carbocycles. The second kappa shape index (κ2) is 8.97. The Balaban J connectivity index is 1.51. The van der Waals surface area contributed by atoms with E-state index in [9.17, 15) is 4.79 Å². The Labute approximate surface area is 185 Å². The molecule has 0 radical (unpaired) electrons.